The first-order valence-corrected chi connectivity index (χ1v) is 5.79. The third-order valence-electron chi connectivity index (χ3n) is 3.09. The number of nitrogens with one attached hydrogen (secondary N) is 2. The Morgan fingerprint density at radius 1 is 1.22 bits per heavy atom. The molecular formula is C11H15F3N4. The van der Waals surface area contributed by atoms with E-state index in [1.54, 1.807) is 0 Å². The van der Waals surface area contributed by atoms with E-state index in [-0.39, 0.29) is 5.54 Å². The molecule has 0 spiro atoms. The summed E-state index contributed by atoms with van der Waals surface area (Å²) in [7, 11) is 0. The molecule has 0 aromatic carbocycles. The second kappa shape index (κ2) is 4.72. The molecule has 100 valence electrons. The Kier molecular flexibility index (Phi) is 3.43. The number of rotatable bonds is 2. The number of halogens is 3. The van der Waals surface area contributed by atoms with Crippen LogP contribution in [-0.4, -0.2) is 28.8 Å². The van der Waals surface area contributed by atoms with Crippen LogP contribution in [0.2, 0.25) is 0 Å². The molecule has 2 rings (SSSR count). The predicted octanol–water partition coefficient (Wildman–Crippen LogP) is 2.05. The van der Waals surface area contributed by atoms with Crippen molar-refractivity contribution in [2.75, 3.05) is 18.4 Å². The molecule has 0 aliphatic carbocycles. The topological polar surface area (TPSA) is 49.8 Å². The zero-order valence-electron chi connectivity index (χ0n) is 10.0. The maximum absolute atomic E-state index is 12.3. The summed E-state index contributed by atoms with van der Waals surface area (Å²) in [4.78, 5) is 0. The lowest BCUT2D eigenvalue weighted by atomic mass is 9.91. The SMILES string of the molecule is CC1(Nc2ccc(C(F)(F)F)nn2)CCNCC1. The summed E-state index contributed by atoms with van der Waals surface area (Å²) >= 11 is 0. The maximum atomic E-state index is 12.3. The van der Waals surface area contributed by atoms with Crippen LogP contribution in [0.15, 0.2) is 12.1 Å². The Morgan fingerprint density at radius 3 is 2.39 bits per heavy atom. The fourth-order valence-electron chi connectivity index (χ4n) is 1.96. The van der Waals surface area contributed by atoms with Crippen LogP contribution in [0.5, 0.6) is 0 Å². The molecule has 0 bridgehead atoms. The van der Waals surface area contributed by atoms with E-state index in [1.165, 1.54) is 6.07 Å². The second-order valence-corrected chi connectivity index (χ2v) is 4.74. The average Bonchev–Trinajstić information content (AvgIpc) is 2.29. The molecule has 2 N–H and O–H groups in total. The molecule has 0 unspecified atom stereocenters. The van der Waals surface area contributed by atoms with Crippen molar-refractivity contribution in [3.8, 4) is 0 Å². The van der Waals surface area contributed by atoms with Crippen LogP contribution in [0.3, 0.4) is 0 Å². The van der Waals surface area contributed by atoms with Gasteiger partial charge in [-0.1, -0.05) is 0 Å². The van der Waals surface area contributed by atoms with Crippen molar-refractivity contribution >= 4 is 5.82 Å². The second-order valence-electron chi connectivity index (χ2n) is 4.74. The zero-order chi connectivity index (χ0) is 13.2. The lowest BCUT2D eigenvalue weighted by Gasteiger charge is -2.35. The van der Waals surface area contributed by atoms with Crippen molar-refractivity contribution < 1.29 is 13.2 Å². The summed E-state index contributed by atoms with van der Waals surface area (Å²) in [6.45, 7) is 3.81. The molecule has 1 saturated heterocycles. The average molecular weight is 260 g/mol. The third-order valence-corrected chi connectivity index (χ3v) is 3.09. The Balaban J connectivity index is 2.06. The third kappa shape index (κ3) is 3.10. The number of nitrogens with zero attached hydrogens (tertiary/aromatic N) is 2. The predicted molar refractivity (Wildman–Crippen MR) is 61.2 cm³/mol. The van der Waals surface area contributed by atoms with Gasteiger partial charge in [0.2, 0.25) is 0 Å². The van der Waals surface area contributed by atoms with E-state index in [4.69, 9.17) is 0 Å². The van der Waals surface area contributed by atoms with Gasteiger partial charge in [-0.05, 0) is 45.0 Å². The van der Waals surface area contributed by atoms with Gasteiger partial charge in [0.05, 0.1) is 0 Å². The van der Waals surface area contributed by atoms with Gasteiger partial charge in [0.25, 0.3) is 0 Å². The summed E-state index contributed by atoms with van der Waals surface area (Å²) < 4.78 is 37.0. The summed E-state index contributed by atoms with van der Waals surface area (Å²) in [5, 5.41) is 13.2. The van der Waals surface area contributed by atoms with Crippen molar-refractivity contribution in [1.29, 1.82) is 0 Å². The normalized spacial score (nSPS) is 19.6. The lowest BCUT2D eigenvalue weighted by molar-refractivity contribution is -0.141. The Morgan fingerprint density at radius 2 is 1.89 bits per heavy atom. The highest BCUT2D eigenvalue weighted by Gasteiger charge is 2.33. The Labute approximate surface area is 103 Å². The maximum Gasteiger partial charge on any atom is 0.435 e. The summed E-state index contributed by atoms with van der Waals surface area (Å²) in [5.41, 5.74) is -1.11. The summed E-state index contributed by atoms with van der Waals surface area (Å²) in [5.74, 6) is 0.382. The number of piperidine rings is 1. The minimum atomic E-state index is -4.44. The van der Waals surface area contributed by atoms with Gasteiger partial charge in [0.15, 0.2) is 5.69 Å². The van der Waals surface area contributed by atoms with Crippen LogP contribution in [0.1, 0.15) is 25.5 Å². The van der Waals surface area contributed by atoms with E-state index in [0.29, 0.717) is 5.82 Å². The van der Waals surface area contributed by atoms with E-state index in [2.05, 4.69) is 20.8 Å². The quantitative estimate of drug-likeness (QED) is 0.854. The van der Waals surface area contributed by atoms with E-state index >= 15 is 0 Å². The number of aromatic nitrogens is 2. The molecule has 1 aliphatic heterocycles. The van der Waals surface area contributed by atoms with E-state index in [1.807, 2.05) is 6.92 Å². The highest BCUT2D eigenvalue weighted by molar-refractivity contribution is 5.37. The van der Waals surface area contributed by atoms with Crippen LogP contribution in [-0.2, 0) is 6.18 Å². The van der Waals surface area contributed by atoms with Gasteiger partial charge in [-0.3, -0.25) is 0 Å². The highest BCUT2D eigenvalue weighted by Crippen LogP contribution is 2.28. The van der Waals surface area contributed by atoms with Crippen molar-refractivity contribution in [2.45, 2.75) is 31.5 Å². The molecule has 0 amide bonds. The van der Waals surface area contributed by atoms with Gasteiger partial charge >= 0.3 is 6.18 Å². The molecule has 0 saturated carbocycles. The molecule has 2 heterocycles. The van der Waals surface area contributed by atoms with Gasteiger partial charge in [0.1, 0.15) is 5.82 Å². The van der Waals surface area contributed by atoms with Gasteiger partial charge in [0, 0.05) is 5.54 Å². The molecular weight excluding hydrogens is 245 g/mol. The fourth-order valence-corrected chi connectivity index (χ4v) is 1.96. The molecule has 1 aliphatic rings. The standard InChI is InChI=1S/C11H15F3N4/c1-10(4-6-15-7-5-10)16-9-3-2-8(17-18-9)11(12,13)14/h2-3,15H,4-7H2,1H3,(H,16,18). The first-order valence-electron chi connectivity index (χ1n) is 5.79. The summed E-state index contributed by atoms with van der Waals surface area (Å²) in [6.07, 6.45) is -2.64. The van der Waals surface area contributed by atoms with Crippen LogP contribution in [0.25, 0.3) is 0 Å². The first-order chi connectivity index (χ1) is 8.39. The van der Waals surface area contributed by atoms with Gasteiger partial charge in [-0.15, -0.1) is 10.2 Å². The monoisotopic (exact) mass is 260 g/mol. The summed E-state index contributed by atoms with van der Waals surface area (Å²) in [6, 6.07) is 2.27. The Bertz CT molecular complexity index is 396. The minimum absolute atomic E-state index is 0.139. The van der Waals surface area contributed by atoms with Gasteiger partial charge in [-0.25, -0.2) is 0 Å². The van der Waals surface area contributed by atoms with E-state index in [9.17, 15) is 13.2 Å². The molecule has 1 aromatic rings. The molecule has 18 heavy (non-hydrogen) atoms. The molecule has 1 fully saturated rings. The van der Waals surface area contributed by atoms with Crippen LogP contribution >= 0.6 is 0 Å². The Hall–Kier alpha value is -1.37. The van der Waals surface area contributed by atoms with E-state index in [0.717, 1.165) is 32.0 Å². The van der Waals surface area contributed by atoms with Crippen molar-refractivity contribution in [3.05, 3.63) is 17.8 Å². The smallest absolute Gasteiger partial charge is 0.363 e. The van der Waals surface area contributed by atoms with Crippen molar-refractivity contribution in [3.63, 3.8) is 0 Å². The lowest BCUT2D eigenvalue weighted by Crippen LogP contribution is -2.45. The van der Waals surface area contributed by atoms with E-state index < -0.39 is 11.9 Å². The van der Waals surface area contributed by atoms with Gasteiger partial charge < -0.3 is 10.6 Å². The van der Waals surface area contributed by atoms with Crippen LogP contribution in [0, 0.1) is 0 Å². The minimum Gasteiger partial charge on any atom is -0.363 e. The molecule has 1 aromatic heterocycles. The molecule has 7 heteroatoms. The van der Waals surface area contributed by atoms with Crippen LogP contribution in [0.4, 0.5) is 19.0 Å². The van der Waals surface area contributed by atoms with Crippen LogP contribution < -0.4 is 10.6 Å². The molecule has 4 nitrogen and oxygen atoms in total. The van der Waals surface area contributed by atoms with Gasteiger partial charge in [-0.2, -0.15) is 13.2 Å². The number of hydrogen-bond acceptors (Lipinski definition) is 4. The van der Waals surface area contributed by atoms with Crippen molar-refractivity contribution in [2.24, 2.45) is 0 Å². The van der Waals surface area contributed by atoms with Crippen molar-refractivity contribution in [1.82, 2.24) is 15.5 Å². The first kappa shape index (κ1) is 13.1. The zero-order valence-corrected chi connectivity index (χ0v) is 10.0. The molecule has 0 radical (unpaired) electrons. The largest absolute Gasteiger partial charge is 0.435 e. The fraction of sp³-hybridized carbons (Fsp3) is 0.636. The highest BCUT2D eigenvalue weighted by atomic mass is 19.4. The number of anilines is 1. The molecule has 0 atom stereocenters. The number of hydrogen-bond donors (Lipinski definition) is 2. The number of alkyl halides is 3.